The fourth-order valence-electron chi connectivity index (χ4n) is 2.09. The summed E-state index contributed by atoms with van der Waals surface area (Å²) in [7, 11) is 1.88. The number of nitrogens with one attached hydrogen (secondary N) is 1. The molecule has 20 heavy (non-hydrogen) atoms. The van der Waals surface area contributed by atoms with Crippen LogP contribution >= 0.6 is 0 Å². The zero-order valence-electron chi connectivity index (χ0n) is 11.1. The molecule has 2 nitrogen and oxygen atoms in total. The summed E-state index contributed by atoms with van der Waals surface area (Å²) >= 11 is 0. The monoisotopic (exact) mass is 283 g/mol. The second-order valence-corrected chi connectivity index (χ2v) is 4.58. The van der Waals surface area contributed by atoms with Crippen molar-refractivity contribution in [3.8, 4) is 0 Å². The average Bonchev–Trinajstić information content (AvgIpc) is 2.39. The molecule has 0 fully saturated rings. The summed E-state index contributed by atoms with van der Waals surface area (Å²) in [5.74, 6) is 0. The van der Waals surface area contributed by atoms with Crippen molar-refractivity contribution in [2.45, 2.75) is 25.4 Å². The highest BCUT2D eigenvalue weighted by Crippen LogP contribution is 2.27. The first kappa shape index (κ1) is 14.8. The molecule has 0 aliphatic heterocycles. The first-order valence-electron chi connectivity index (χ1n) is 6.35. The molecule has 1 aromatic carbocycles. The van der Waals surface area contributed by atoms with Crippen LogP contribution in [0.5, 0.6) is 0 Å². The molecule has 0 spiro atoms. The van der Waals surface area contributed by atoms with Gasteiger partial charge in [-0.2, -0.15) is 0 Å². The molecule has 1 unspecified atom stereocenters. The summed E-state index contributed by atoms with van der Waals surface area (Å²) in [5, 5.41) is 3.06. The summed E-state index contributed by atoms with van der Waals surface area (Å²) in [6.07, 6.45) is -0.401. The van der Waals surface area contributed by atoms with Crippen LogP contribution in [0.2, 0.25) is 0 Å². The van der Waals surface area contributed by atoms with Crippen molar-refractivity contribution >= 4 is 5.57 Å². The number of hydrogen-bond donors (Lipinski definition) is 1. The van der Waals surface area contributed by atoms with Gasteiger partial charge in [0.25, 0.3) is 0 Å². The Balaban J connectivity index is 2.00. The lowest BCUT2D eigenvalue weighted by Crippen LogP contribution is -2.22. The molecule has 1 aliphatic carbocycles. The van der Waals surface area contributed by atoms with Crippen molar-refractivity contribution in [3.05, 3.63) is 53.6 Å². The Hall–Kier alpha value is -1.59. The van der Waals surface area contributed by atoms with Gasteiger partial charge in [0.05, 0.1) is 6.10 Å². The summed E-state index contributed by atoms with van der Waals surface area (Å²) in [4.78, 5) is 0. The third-order valence-corrected chi connectivity index (χ3v) is 3.01. The van der Waals surface area contributed by atoms with Crippen LogP contribution in [0.1, 0.15) is 17.5 Å². The second-order valence-electron chi connectivity index (χ2n) is 4.58. The van der Waals surface area contributed by atoms with Crippen LogP contribution in [0, 0.1) is 0 Å². The number of ether oxygens (including phenoxy) is 1. The minimum atomic E-state index is -4.59. The lowest BCUT2D eigenvalue weighted by Gasteiger charge is -2.18. The van der Waals surface area contributed by atoms with Gasteiger partial charge in [0.1, 0.15) is 0 Å². The molecule has 108 valence electrons. The predicted octanol–water partition coefficient (Wildman–Crippen LogP) is 3.65. The standard InChI is InChI=1S/C15H16F3NO/c1-19-10-11-2-4-12(5-3-11)13-6-8-14(9-7-13)20-15(16,17)18/h2-8,14,19H,9-10H2,1H3. The highest BCUT2D eigenvalue weighted by Gasteiger charge is 2.32. The van der Waals surface area contributed by atoms with Crippen LogP contribution in [-0.2, 0) is 11.3 Å². The molecular formula is C15H16F3NO. The molecule has 0 radical (unpaired) electrons. The summed E-state index contributed by atoms with van der Waals surface area (Å²) in [6.45, 7) is 0.788. The van der Waals surface area contributed by atoms with E-state index in [4.69, 9.17) is 0 Å². The first-order valence-corrected chi connectivity index (χ1v) is 6.35. The lowest BCUT2D eigenvalue weighted by atomic mass is 9.97. The van der Waals surface area contributed by atoms with E-state index in [9.17, 15) is 13.2 Å². The largest absolute Gasteiger partial charge is 0.523 e. The first-order chi connectivity index (χ1) is 9.48. The maximum atomic E-state index is 12.1. The molecule has 5 heteroatoms. The second kappa shape index (κ2) is 6.24. The third-order valence-electron chi connectivity index (χ3n) is 3.01. The van der Waals surface area contributed by atoms with Gasteiger partial charge >= 0.3 is 6.36 Å². The Morgan fingerprint density at radius 1 is 1.25 bits per heavy atom. The normalized spacial score (nSPS) is 19.0. The summed E-state index contributed by atoms with van der Waals surface area (Å²) < 4.78 is 40.3. The molecule has 0 bridgehead atoms. The van der Waals surface area contributed by atoms with Gasteiger partial charge in [0.2, 0.25) is 0 Å². The molecule has 1 atom stereocenters. The van der Waals surface area contributed by atoms with E-state index in [1.54, 1.807) is 12.2 Å². The quantitative estimate of drug-likeness (QED) is 0.910. The van der Waals surface area contributed by atoms with E-state index in [0.29, 0.717) is 0 Å². The van der Waals surface area contributed by atoms with Crippen molar-refractivity contribution < 1.29 is 17.9 Å². The maximum absolute atomic E-state index is 12.1. The fourth-order valence-corrected chi connectivity index (χ4v) is 2.09. The predicted molar refractivity (Wildman–Crippen MR) is 71.9 cm³/mol. The number of halogens is 3. The molecule has 0 saturated carbocycles. The van der Waals surface area contributed by atoms with Gasteiger partial charge in [0.15, 0.2) is 0 Å². The van der Waals surface area contributed by atoms with Crippen LogP contribution in [0.4, 0.5) is 13.2 Å². The maximum Gasteiger partial charge on any atom is 0.523 e. The highest BCUT2D eigenvalue weighted by atomic mass is 19.4. The van der Waals surface area contributed by atoms with Gasteiger partial charge in [-0.25, -0.2) is 0 Å². The number of allylic oxidation sites excluding steroid dienone is 2. The van der Waals surface area contributed by atoms with Crippen molar-refractivity contribution in [2.24, 2.45) is 0 Å². The van der Waals surface area contributed by atoms with Gasteiger partial charge in [0, 0.05) is 6.54 Å². The molecule has 0 heterocycles. The van der Waals surface area contributed by atoms with Gasteiger partial charge < -0.3 is 5.32 Å². The number of hydrogen-bond acceptors (Lipinski definition) is 2. The Bertz CT molecular complexity index is 503. The number of alkyl halides is 3. The molecule has 0 amide bonds. The van der Waals surface area contributed by atoms with Crippen LogP contribution in [0.15, 0.2) is 42.5 Å². The highest BCUT2D eigenvalue weighted by molar-refractivity contribution is 5.75. The van der Waals surface area contributed by atoms with E-state index in [-0.39, 0.29) is 6.42 Å². The van der Waals surface area contributed by atoms with Gasteiger partial charge in [-0.05, 0) is 30.2 Å². The Morgan fingerprint density at radius 2 is 1.95 bits per heavy atom. The number of rotatable bonds is 4. The summed E-state index contributed by atoms with van der Waals surface area (Å²) in [5.41, 5.74) is 3.07. The van der Waals surface area contributed by atoms with E-state index < -0.39 is 12.5 Å². The van der Waals surface area contributed by atoms with E-state index in [2.05, 4.69) is 10.1 Å². The molecular weight excluding hydrogens is 267 g/mol. The molecule has 2 rings (SSSR count). The molecule has 1 aliphatic rings. The minimum Gasteiger partial charge on any atom is -0.316 e. The fraction of sp³-hybridized carbons (Fsp3) is 0.333. The van der Waals surface area contributed by atoms with E-state index >= 15 is 0 Å². The average molecular weight is 283 g/mol. The smallest absolute Gasteiger partial charge is 0.316 e. The zero-order chi connectivity index (χ0) is 14.6. The minimum absolute atomic E-state index is 0.226. The van der Waals surface area contributed by atoms with E-state index in [1.165, 1.54) is 6.08 Å². The number of benzene rings is 1. The van der Waals surface area contributed by atoms with Crippen LogP contribution in [0.25, 0.3) is 5.57 Å². The Morgan fingerprint density at radius 3 is 2.45 bits per heavy atom. The van der Waals surface area contributed by atoms with Gasteiger partial charge in [-0.1, -0.05) is 42.5 Å². The van der Waals surface area contributed by atoms with Crippen LogP contribution in [0.3, 0.4) is 0 Å². The van der Waals surface area contributed by atoms with Crippen molar-refractivity contribution in [3.63, 3.8) is 0 Å². The Kier molecular flexibility index (Phi) is 4.62. The molecule has 0 aromatic heterocycles. The van der Waals surface area contributed by atoms with E-state index in [1.807, 2.05) is 31.3 Å². The van der Waals surface area contributed by atoms with Crippen LogP contribution in [-0.4, -0.2) is 19.5 Å². The topological polar surface area (TPSA) is 21.3 Å². The van der Waals surface area contributed by atoms with Crippen molar-refractivity contribution in [2.75, 3.05) is 7.05 Å². The molecule has 1 N–H and O–H groups in total. The van der Waals surface area contributed by atoms with Gasteiger partial charge in [-0.3, -0.25) is 4.74 Å². The lowest BCUT2D eigenvalue weighted by molar-refractivity contribution is -0.335. The molecule has 1 aromatic rings. The summed E-state index contributed by atoms with van der Waals surface area (Å²) in [6, 6.07) is 7.93. The van der Waals surface area contributed by atoms with E-state index in [0.717, 1.165) is 23.2 Å². The SMILES string of the molecule is CNCc1ccc(C2=CCC(OC(F)(F)F)C=C2)cc1. The molecule has 0 saturated heterocycles. The van der Waals surface area contributed by atoms with Crippen molar-refractivity contribution in [1.29, 1.82) is 0 Å². The Labute approximate surface area is 115 Å². The van der Waals surface area contributed by atoms with Crippen LogP contribution < -0.4 is 5.32 Å². The third kappa shape index (κ3) is 4.21. The van der Waals surface area contributed by atoms with Gasteiger partial charge in [-0.15, -0.1) is 13.2 Å². The van der Waals surface area contributed by atoms with Crippen molar-refractivity contribution in [1.82, 2.24) is 5.32 Å². The zero-order valence-corrected chi connectivity index (χ0v) is 11.1.